The first-order valence-corrected chi connectivity index (χ1v) is 6.67. The highest BCUT2D eigenvalue weighted by molar-refractivity contribution is 8.00. The predicted octanol–water partition coefficient (Wildman–Crippen LogP) is 2.39. The van der Waals surface area contributed by atoms with Crippen LogP contribution in [0.25, 0.3) is 0 Å². The molecular weight excluding hydrogens is 194 g/mol. The van der Waals surface area contributed by atoms with Gasteiger partial charge in [-0.2, -0.15) is 0 Å². The van der Waals surface area contributed by atoms with Crippen molar-refractivity contribution in [2.75, 3.05) is 12.9 Å². The fourth-order valence-electron chi connectivity index (χ4n) is 2.58. The Morgan fingerprint density at radius 1 is 1.29 bits per heavy atom. The molecule has 1 saturated carbocycles. The highest BCUT2D eigenvalue weighted by Gasteiger charge is 2.38. The van der Waals surface area contributed by atoms with Crippen LogP contribution in [0.3, 0.4) is 0 Å². The van der Waals surface area contributed by atoms with Crippen molar-refractivity contribution in [3.05, 3.63) is 0 Å². The van der Waals surface area contributed by atoms with E-state index in [0.717, 1.165) is 0 Å². The summed E-state index contributed by atoms with van der Waals surface area (Å²) in [4.78, 5) is 0.396. The van der Waals surface area contributed by atoms with Crippen molar-refractivity contribution in [2.24, 2.45) is 0 Å². The van der Waals surface area contributed by atoms with E-state index in [1.807, 2.05) is 7.11 Å². The molecule has 1 spiro atoms. The monoisotopic (exact) mass is 215 g/mol. The van der Waals surface area contributed by atoms with Gasteiger partial charge in [0.1, 0.15) is 0 Å². The van der Waals surface area contributed by atoms with Crippen molar-refractivity contribution < 1.29 is 4.74 Å². The molecule has 1 N–H and O–H groups in total. The van der Waals surface area contributed by atoms with Gasteiger partial charge in [-0.15, -0.1) is 11.8 Å². The summed E-state index contributed by atoms with van der Waals surface area (Å²) in [5, 5.41) is 3.78. The van der Waals surface area contributed by atoms with Crippen molar-refractivity contribution >= 4 is 11.8 Å². The highest BCUT2D eigenvalue weighted by atomic mass is 32.2. The van der Waals surface area contributed by atoms with E-state index in [4.69, 9.17) is 4.74 Å². The third kappa shape index (κ3) is 2.26. The van der Waals surface area contributed by atoms with E-state index < -0.39 is 0 Å². The molecule has 2 rings (SSSR count). The lowest BCUT2D eigenvalue weighted by Crippen LogP contribution is -2.53. The second-order valence-electron chi connectivity index (χ2n) is 4.61. The molecule has 0 aromatic heterocycles. The first-order chi connectivity index (χ1) is 6.74. The van der Waals surface area contributed by atoms with Crippen LogP contribution in [0.5, 0.6) is 0 Å². The van der Waals surface area contributed by atoms with Crippen molar-refractivity contribution in [2.45, 2.75) is 56.0 Å². The van der Waals surface area contributed by atoms with E-state index in [1.54, 1.807) is 0 Å². The maximum absolute atomic E-state index is 5.41. The Morgan fingerprint density at radius 2 is 2.00 bits per heavy atom. The van der Waals surface area contributed by atoms with Gasteiger partial charge in [0, 0.05) is 13.2 Å². The van der Waals surface area contributed by atoms with Crippen LogP contribution in [0.15, 0.2) is 0 Å². The molecule has 0 amide bonds. The molecule has 1 aliphatic heterocycles. The second-order valence-corrected chi connectivity index (χ2v) is 6.09. The third-order valence-corrected chi connectivity index (χ3v) is 5.03. The maximum Gasteiger partial charge on any atom is 0.0649 e. The van der Waals surface area contributed by atoms with Crippen molar-refractivity contribution in [3.8, 4) is 0 Å². The molecule has 1 heterocycles. The normalized spacial score (nSPS) is 44.1. The van der Waals surface area contributed by atoms with Crippen molar-refractivity contribution in [1.82, 2.24) is 5.32 Å². The van der Waals surface area contributed by atoms with Crippen LogP contribution >= 0.6 is 11.8 Å². The van der Waals surface area contributed by atoms with Crippen molar-refractivity contribution in [3.63, 3.8) is 0 Å². The summed E-state index contributed by atoms with van der Waals surface area (Å²) in [7, 11) is 1.84. The van der Waals surface area contributed by atoms with Crippen LogP contribution in [0.1, 0.15) is 39.0 Å². The Hall–Kier alpha value is 0.270. The molecule has 1 unspecified atom stereocenters. The average molecular weight is 215 g/mol. The molecular formula is C11H21NOS. The average Bonchev–Trinajstić information content (AvgIpc) is 2.19. The molecule has 2 aliphatic rings. The molecule has 82 valence electrons. The zero-order chi connectivity index (χ0) is 10.0. The minimum Gasteiger partial charge on any atom is -0.381 e. The number of hydrogen-bond donors (Lipinski definition) is 1. The molecule has 0 radical (unpaired) electrons. The van der Waals surface area contributed by atoms with Crippen LogP contribution in [-0.4, -0.2) is 29.9 Å². The Bertz CT molecular complexity index is 190. The first-order valence-electron chi connectivity index (χ1n) is 5.68. The summed E-state index contributed by atoms with van der Waals surface area (Å²) in [6.07, 6.45) is 6.84. The van der Waals surface area contributed by atoms with Gasteiger partial charge in [-0.05, 0) is 44.8 Å². The molecule has 3 heteroatoms. The number of nitrogens with one attached hydrogen (secondary N) is 1. The first kappa shape index (κ1) is 10.8. The summed E-state index contributed by atoms with van der Waals surface area (Å²) < 4.78 is 5.41. The SMILES string of the molecule is COC1CCC2(CC1)NC(C)CCS2. The minimum absolute atomic E-state index is 0.396. The molecule has 2 nitrogen and oxygen atoms in total. The Balaban J connectivity index is 1.91. The Morgan fingerprint density at radius 3 is 2.57 bits per heavy atom. The fraction of sp³-hybridized carbons (Fsp3) is 1.00. The van der Waals surface area contributed by atoms with Gasteiger partial charge in [0.2, 0.25) is 0 Å². The van der Waals surface area contributed by atoms with Crippen LogP contribution < -0.4 is 5.32 Å². The van der Waals surface area contributed by atoms with Crippen LogP contribution in [0.4, 0.5) is 0 Å². The number of methoxy groups -OCH3 is 1. The van der Waals surface area contributed by atoms with Gasteiger partial charge in [-0.3, -0.25) is 0 Å². The number of thioether (sulfide) groups is 1. The van der Waals surface area contributed by atoms with Gasteiger partial charge in [-0.25, -0.2) is 0 Å². The van der Waals surface area contributed by atoms with E-state index in [0.29, 0.717) is 17.0 Å². The quantitative estimate of drug-likeness (QED) is 0.725. The highest BCUT2D eigenvalue weighted by Crippen LogP contribution is 2.41. The molecule has 1 saturated heterocycles. The number of ether oxygens (including phenoxy) is 1. The van der Waals surface area contributed by atoms with Gasteiger partial charge in [0.05, 0.1) is 11.0 Å². The lowest BCUT2D eigenvalue weighted by Gasteiger charge is -2.45. The van der Waals surface area contributed by atoms with Gasteiger partial charge >= 0.3 is 0 Å². The summed E-state index contributed by atoms with van der Waals surface area (Å²) in [5.74, 6) is 1.33. The summed E-state index contributed by atoms with van der Waals surface area (Å²) in [5.41, 5.74) is 0. The van der Waals surface area contributed by atoms with Crippen LogP contribution in [0, 0.1) is 0 Å². The third-order valence-electron chi connectivity index (χ3n) is 3.51. The molecule has 0 aromatic rings. The molecule has 0 bridgehead atoms. The van der Waals surface area contributed by atoms with Gasteiger partial charge in [0.15, 0.2) is 0 Å². The van der Waals surface area contributed by atoms with E-state index in [1.165, 1.54) is 37.9 Å². The van der Waals surface area contributed by atoms with E-state index in [9.17, 15) is 0 Å². The Labute approximate surface area is 91.2 Å². The van der Waals surface area contributed by atoms with Gasteiger partial charge in [-0.1, -0.05) is 0 Å². The van der Waals surface area contributed by atoms with E-state index in [-0.39, 0.29) is 0 Å². The number of rotatable bonds is 1. The number of hydrogen-bond acceptors (Lipinski definition) is 3. The standard InChI is InChI=1S/C11H21NOS/c1-9-5-8-14-11(12-9)6-3-10(13-2)4-7-11/h9-10,12H,3-8H2,1-2H3. The molecule has 0 aromatic carbocycles. The lowest BCUT2D eigenvalue weighted by molar-refractivity contribution is 0.0557. The molecule has 2 fully saturated rings. The zero-order valence-electron chi connectivity index (χ0n) is 9.21. The summed E-state index contributed by atoms with van der Waals surface area (Å²) in [6, 6.07) is 0.704. The minimum atomic E-state index is 0.396. The van der Waals surface area contributed by atoms with E-state index >= 15 is 0 Å². The second kappa shape index (κ2) is 4.42. The predicted molar refractivity (Wildman–Crippen MR) is 61.7 cm³/mol. The maximum atomic E-state index is 5.41. The largest absolute Gasteiger partial charge is 0.381 e. The summed E-state index contributed by atoms with van der Waals surface area (Å²) >= 11 is 2.14. The van der Waals surface area contributed by atoms with Gasteiger partial charge < -0.3 is 10.1 Å². The smallest absolute Gasteiger partial charge is 0.0649 e. The fourth-order valence-corrected chi connectivity index (χ4v) is 4.25. The zero-order valence-corrected chi connectivity index (χ0v) is 10.0. The van der Waals surface area contributed by atoms with Crippen LogP contribution in [-0.2, 0) is 4.74 Å². The van der Waals surface area contributed by atoms with Crippen LogP contribution in [0.2, 0.25) is 0 Å². The lowest BCUT2D eigenvalue weighted by atomic mass is 9.91. The topological polar surface area (TPSA) is 21.3 Å². The molecule has 14 heavy (non-hydrogen) atoms. The van der Waals surface area contributed by atoms with Crippen molar-refractivity contribution in [1.29, 1.82) is 0 Å². The Kier molecular flexibility index (Phi) is 3.40. The molecule has 1 atom stereocenters. The summed E-state index contributed by atoms with van der Waals surface area (Å²) in [6.45, 7) is 2.31. The van der Waals surface area contributed by atoms with E-state index in [2.05, 4.69) is 24.0 Å². The van der Waals surface area contributed by atoms with Gasteiger partial charge in [0.25, 0.3) is 0 Å². The molecule has 1 aliphatic carbocycles.